The van der Waals surface area contributed by atoms with E-state index in [2.05, 4.69) is 31.2 Å². The molecule has 0 aromatic carbocycles. The maximum atomic E-state index is 4.85. The molecule has 1 fully saturated rings. The minimum absolute atomic E-state index is 0.245. The third-order valence-electron chi connectivity index (χ3n) is 4.06. The zero-order valence-electron chi connectivity index (χ0n) is 12.2. The molecule has 1 N–H and O–H groups in total. The van der Waals surface area contributed by atoms with Crippen molar-refractivity contribution < 1.29 is 0 Å². The van der Waals surface area contributed by atoms with Crippen molar-refractivity contribution in [3.05, 3.63) is 11.6 Å². The molecule has 0 aliphatic carbocycles. The van der Waals surface area contributed by atoms with Crippen molar-refractivity contribution in [2.45, 2.75) is 57.8 Å². The highest BCUT2D eigenvalue weighted by Gasteiger charge is 2.37. The van der Waals surface area contributed by atoms with E-state index < -0.39 is 0 Å². The summed E-state index contributed by atoms with van der Waals surface area (Å²) < 4.78 is 2.02. The summed E-state index contributed by atoms with van der Waals surface area (Å²) in [4.78, 5) is 4.85. The van der Waals surface area contributed by atoms with Gasteiger partial charge in [-0.05, 0) is 32.4 Å². The van der Waals surface area contributed by atoms with Crippen LogP contribution in [0.5, 0.6) is 0 Å². The van der Waals surface area contributed by atoms with Gasteiger partial charge in [-0.25, -0.2) is 4.98 Å². The molecule has 1 aromatic rings. The largest absolute Gasteiger partial charge is 0.317 e. The van der Waals surface area contributed by atoms with Gasteiger partial charge in [0.2, 0.25) is 0 Å². The maximum absolute atomic E-state index is 4.85. The van der Waals surface area contributed by atoms with Crippen LogP contribution in [0, 0.1) is 0 Å². The van der Waals surface area contributed by atoms with Crippen molar-refractivity contribution in [1.82, 2.24) is 20.1 Å². The lowest BCUT2D eigenvalue weighted by molar-refractivity contribution is 0.262. The van der Waals surface area contributed by atoms with Gasteiger partial charge in [-0.2, -0.15) is 5.10 Å². The number of rotatable bonds is 4. The second-order valence-electron chi connectivity index (χ2n) is 5.85. The number of hydrogen-bond donors (Lipinski definition) is 1. The molecule has 0 spiro atoms. The van der Waals surface area contributed by atoms with Gasteiger partial charge in [0.1, 0.15) is 5.82 Å². The fraction of sp³-hybridized carbons (Fsp3) is 0.857. The molecule has 0 atom stereocenters. The average Bonchev–Trinajstić information content (AvgIpc) is 2.74. The molecule has 1 saturated heterocycles. The van der Waals surface area contributed by atoms with Crippen LogP contribution in [0.25, 0.3) is 0 Å². The number of nitrogens with one attached hydrogen (secondary N) is 1. The van der Waals surface area contributed by atoms with Gasteiger partial charge in [-0.15, -0.1) is 0 Å². The summed E-state index contributed by atoms with van der Waals surface area (Å²) in [5, 5.41) is 8.06. The lowest BCUT2D eigenvalue weighted by atomic mass is 9.74. The number of aromatic nitrogens is 3. The lowest BCUT2D eigenvalue weighted by Crippen LogP contribution is -2.41. The van der Waals surface area contributed by atoms with E-state index in [-0.39, 0.29) is 5.41 Å². The van der Waals surface area contributed by atoms with Crippen molar-refractivity contribution in [2.24, 2.45) is 7.05 Å². The maximum Gasteiger partial charge on any atom is 0.153 e. The van der Waals surface area contributed by atoms with Crippen molar-refractivity contribution in [3.8, 4) is 0 Å². The second-order valence-corrected chi connectivity index (χ2v) is 5.85. The standard InChI is InChI=1S/C14H26N4/c1-5-6-14(7-9-15-10-8-14)13-16-12(11(2)3)17-18(13)4/h11,15H,5-10H2,1-4H3. The van der Waals surface area contributed by atoms with E-state index in [1.807, 2.05) is 11.7 Å². The highest BCUT2D eigenvalue weighted by Crippen LogP contribution is 2.37. The third kappa shape index (κ3) is 2.44. The van der Waals surface area contributed by atoms with Crippen molar-refractivity contribution in [3.63, 3.8) is 0 Å². The van der Waals surface area contributed by atoms with Gasteiger partial charge in [-0.1, -0.05) is 27.2 Å². The number of aryl methyl sites for hydroxylation is 1. The first-order chi connectivity index (χ1) is 8.59. The Morgan fingerprint density at radius 1 is 1.33 bits per heavy atom. The molecule has 2 heterocycles. The quantitative estimate of drug-likeness (QED) is 0.892. The van der Waals surface area contributed by atoms with Crippen LogP contribution in [0.4, 0.5) is 0 Å². The molecule has 1 aliphatic heterocycles. The topological polar surface area (TPSA) is 42.7 Å². The summed E-state index contributed by atoms with van der Waals surface area (Å²) in [5.41, 5.74) is 0.245. The monoisotopic (exact) mass is 250 g/mol. The normalized spacial score (nSPS) is 19.4. The van der Waals surface area contributed by atoms with Gasteiger partial charge in [-0.3, -0.25) is 4.68 Å². The Balaban J connectivity index is 2.35. The Hall–Kier alpha value is -0.900. The number of piperidine rings is 1. The summed E-state index contributed by atoms with van der Waals surface area (Å²) in [7, 11) is 2.05. The summed E-state index contributed by atoms with van der Waals surface area (Å²) >= 11 is 0. The van der Waals surface area contributed by atoms with Crippen molar-refractivity contribution >= 4 is 0 Å². The molecule has 0 amide bonds. The highest BCUT2D eigenvalue weighted by atomic mass is 15.3. The number of hydrogen-bond acceptors (Lipinski definition) is 3. The van der Waals surface area contributed by atoms with Crippen LogP contribution >= 0.6 is 0 Å². The van der Waals surface area contributed by atoms with E-state index in [4.69, 9.17) is 4.98 Å². The Labute approximate surface area is 110 Å². The molecule has 1 aromatic heterocycles. The second kappa shape index (κ2) is 5.39. The average molecular weight is 250 g/mol. The predicted octanol–water partition coefficient (Wildman–Crippen LogP) is 2.36. The summed E-state index contributed by atoms with van der Waals surface area (Å²) in [6.07, 6.45) is 4.80. The smallest absolute Gasteiger partial charge is 0.153 e. The molecule has 0 saturated carbocycles. The molecule has 4 heteroatoms. The van der Waals surface area contributed by atoms with Crippen LogP contribution < -0.4 is 5.32 Å². The fourth-order valence-corrected chi connectivity index (χ4v) is 3.08. The minimum Gasteiger partial charge on any atom is -0.317 e. The van der Waals surface area contributed by atoms with E-state index in [1.54, 1.807) is 0 Å². The Bertz CT molecular complexity index is 383. The van der Waals surface area contributed by atoms with E-state index in [0.29, 0.717) is 5.92 Å². The molecule has 0 unspecified atom stereocenters. The summed E-state index contributed by atoms with van der Waals surface area (Å²) in [5.74, 6) is 2.60. The molecule has 18 heavy (non-hydrogen) atoms. The van der Waals surface area contributed by atoms with Gasteiger partial charge >= 0.3 is 0 Å². The first-order valence-electron chi connectivity index (χ1n) is 7.21. The van der Waals surface area contributed by atoms with Gasteiger partial charge < -0.3 is 5.32 Å². The van der Waals surface area contributed by atoms with Crippen molar-refractivity contribution in [1.29, 1.82) is 0 Å². The van der Waals surface area contributed by atoms with E-state index in [9.17, 15) is 0 Å². The molecule has 0 radical (unpaired) electrons. The first-order valence-corrected chi connectivity index (χ1v) is 7.21. The minimum atomic E-state index is 0.245. The first kappa shape index (κ1) is 13.5. The zero-order valence-corrected chi connectivity index (χ0v) is 12.2. The Morgan fingerprint density at radius 3 is 2.50 bits per heavy atom. The predicted molar refractivity (Wildman–Crippen MR) is 73.8 cm³/mol. The Kier molecular flexibility index (Phi) is 4.05. The molecular weight excluding hydrogens is 224 g/mol. The zero-order chi connectivity index (χ0) is 13.2. The summed E-state index contributed by atoms with van der Waals surface area (Å²) in [6.45, 7) is 8.79. The molecule has 4 nitrogen and oxygen atoms in total. The molecule has 1 aliphatic rings. The SMILES string of the molecule is CCCC1(c2nc(C(C)C)nn2C)CCNCC1. The van der Waals surface area contributed by atoms with Crippen LogP contribution in [0.15, 0.2) is 0 Å². The van der Waals surface area contributed by atoms with Crippen LogP contribution in [0.3, 0.4) is 0 Å². The third-order valence-corrected chi connectivity index (χ3v) is 4.06. The molecule has 102 valence electrons. The molecular formula is C14H26N4. The molecule has 2 rings (SSSR count). The van der Waals surface area contributed by atoms with Gasteiger partial charge in [0, 0.05) is 18.4 Å². The Morgan fingerprint density at radius 2 is 2.00 bits per heavy atom. The lowest BCUT2D eigenvalue weighted by Gasteiger charge is -2.36. The van der Waals surface area contributed by atoms with Gasteiger partial charge in [0.05, 0.1) is 0 Å². The van der Waals surface area contributed by atoms with E-state index >= 15 is 0 Å². The van der Waals surface area contributed by atoms with E-state index in [1.165, 1.54) is 31.5 Å². The highest BCUT2D eigenvalue weighted by molar-refractivity contribution is 5.12. The fourth-order valence-electron chi connectivity index (χ4n) is 3.08. The van der Waals surface area contributed by atoms with Crippen LogP contribution in [-0.4, -0.2) is 27.9 Å². The van der Waals surface area contributed by atoms with Crippen LogP contribution in [0.1, 0.15) is 64.0 Å². The number of nitrogens with zero attached hydrogens (tertiary/aromatic N) is 3. The molecule has 0 bridgehead atoms. The summed E-state index contributed by atoms with van der Waals surface area (Å²) in [6, 6.07) is 0. The van der Waals surface area contributed by atoms with Crippen LogP contribution in [0.2, 0.25) is 0 Å². The van der Waals surface area contributed by atoms with Crippen LogP contribution in [-0.2, 0) is 12.5 Å². The van der Waals surface area contributed by atoms with Crippen molar-refractivity contribution in [2.75, 3.05) is 13.1 Å². The van der Waals surface area contributed by atoms with Gasteiger partial charge in [0.25, 0.3) is 0 Å². The van der Waals surface area contributed by atoms with Gasteiger partial charge in [0.15, 0.2) is 5.82 Å². The van der Waals surface area contributed by atoms with E-state index in [0.717, 1.165) is 18.9 Å².